The van der Waals surface area contributed by atoms with Gasteiger partial charge in [-0.25, -0.2) is 0 Å². The van der Waals surface area contributed by atoms with Gasteiger partial charge in [0.25, 0.3) is 5.69 Å². The van der Waals surface area contributed by atoms with Crippen molar-refractivity contribution in [3.63, 3.8) is 0 Å². The summed E-state index contributed by atoms with van der Waals surface area (Å²) in [6.07, 6.45) is 22.4. The second-order valence-corrected chi connectivity index (χ2v) is 10.0. The molecule has 0 saturated carbocycles. The topological polar surface area (TPSA) is 43.1 Å². The van der Waals surface area contributed by atoms with Crippen molar-refractivity contribution in [3.8, 4) is 0 Å². The average molecular weight is 434 g/mol. The molecule has 0 saturated heterocycles. The van der Waals surface area contributed by atoms with Gasteiger partial charge in [-0.15, -0.1) is 0 Å². The summed E-state index contributed by atoms with van der Waals surface area (Å²) in [7, 11) is 4.51. The zero-order valence-electron chi connectivity index (χ0n) is 20.7. The Balaban J connectivity index is 1.93. The van der Waals surface area contributed by atoms with E-state index in [2.05, 4.69) is 21.0 Å². The molecule has 0 heterocycles. The van der Waals surface area contributed by atoms with Crippen LogP contribution in [-0.2, 0) is 6.54 Å². The molecule has 1 aromatic carbocycles. The van der Waals surface area contributed by atoms with E-state index in [0.717, 1.165) is 17.6 Å². The van der Waals surface area contributed by atoms with E-state index < -0.39 is 0 Å². The standard InChI is InChI=1S/C27H49N2O2/c1-4-5-6-7-8-9-10-11-12-13-14-15-16-17-18-19-24-29(2,3)25-26-20-22-27(23-21-26)28(30)31/h20-23H,4-19,24-25H2,1-3H3/q+1. The van der Waals surface area contributed by atoms with Gasteiger partial charge in [0.2, 0.25) is 0 Å². The second kappa shape index (κ2) is 17.2. The van der Waals surface area contributed by atoms with Crippen molar-refractivity contribution in [3.05, 3.63) is 39.9 Å². The van der Waals surface area contributed by atoms with Gasteiger partial charge < -0.3 is 4.48 Å². The number of quaternary nitrogens is 1. The first kappa shape index (κ1) is 27.6. The maximum atomic E-state index is 10.8. The van der Waals surface area contributed by atoms with Crippen molar-refractivity contribution in [1.29, 1.82) is 0 Å². The molecule has 0 spiro atoms. The summed E-state index contributed by atoms with van der Waals surface area (Å²) < 4.78 is 0.941. The molecular formula is C27H49N2O2+. The van der Waals surface area contributed by atoms with E-state index in [-0.39, 0.29) is 10.6 Å². The van der Waals surface area contributed by atoms with Gasteiger partial charge in [-0.3, -0.25) is 10.1 Å². The Morgan fingerprint density at radius 3 is 1.45 bits per heavy atom. The third kappa shape index (κ3) is 15.1. The summed E-state index contributed by atoms with van der Waals surface area (Å²) in [6.45, 7) is 4.37. The Hall–Kier alpha value is -1.42. The maximum absolute atomic E-state index is 10.8. The van der Waals surface area contributed by atoms with Crippen molar-refractivity contribution in [2.75, 3.05) is 20.6 Å². The predicted octanol–water partition coefficient (Wildman–Crippen LogP) is 8.43. The van der Waals surface area contributed by atoms with Crippen LogP contribution >= 0.6 is 0 Å². The van der Waals surface area contributed by atoms with E-state index in [4.69, 9.17) is 0 Å². The van der Waals surface area contributed by atoms with Crippen LogP contribution in [0.3, 0.4) is 0 Å². The quantitative estimate of drug-likeness (QED) is 0.0896. The Kier molecular flexibility index (Phi) is 15.3. The number of nitro benzene ring substituents is 1. The molecule has 0 aliphatic rings. The molecular weight excluding hydrogens is 384 g/mol. The highest BCUT2D eigenvalue weighted by Gasteiger charge is 2.16. The molecule has 0 atom stereocenters. The molecule has 1 aromatic rings. The van der Waals surface area contributed by atoms with E-state index in [0.29, 0.717) is 0 Å². The fraction of sp³-hybridized carbons (Fsp3) is 0.778. The minimum absolute atomic E-state index is 0.173. The Morgan fingerprint density at radius 2 is 1.06 bits per heavy atom. The molecule has 1 rings (SSSR count). The van der Waals surface area contributed by atoms with Gasteiger partial charge in [0.1, 0.15) is 6.54 Å². The maximum Gasteiger partial charge on any atom is 0.269 e. The van der Waals surface area contributed by atoms with Crippen molar-refractivity contribution in [1.82, 2.24) is 0 Å². The normalized spacial score (nSPS) is 11.7. The molecule has 31 heavy (non-hydrogen) atoms. The van der Waals surface area contributed by atoms with Gasteiger partial charge in [0.05, 0.1) is 25.6 Å². The fourth-order valence-electron chi connectivity index (χ4n) is 4.38. The lowest BCUT2D eigenvalue weighted by atomic mass is 10.0. The van der Waals surface area contributed by atoms with Crippen molar-refractivity contribution < 1.29 is 9.41 Å². The van der Waals surface area contributed by atoms with Crippen LogP contribution in [0.25, 0.3) is 0 Å². The number of nitrogens with zero attached hydrogens (tertiary/aromatic N) is 2. The van der Waals surface area contributed by atoms with Crippen LogP contribution in [0, 0.1) is 10.1 Å². The average Bonchev–Trinajstić information content (AvgIpc) is 2.73. The molecule has 4 nitrogen and oxygen atoms in total. The van der Waals surface area contributed by atoms with Crippen LogP contribution in [0.4, 0.5) is 5.69 Å². The second-order valence-electron chi connectivity index (χ2n) is 10.0. The van der Waals surface area contributed by atoms with Crippen LogP contribution in [-0.4, -0.2) is 30.0 Å². The Morgan fingerprint density at radius 1 is 0.677 bits per heavy atom. The predicted molar refractivity (Wildman–Crippen MR) is 133 cm³/mol. The summed E-state index contributed by atoms with van der Waals surface area (Å²) in [4.78, 5) is 10.4. The van der Waals surface area contributed by atoms with Crippen LogP contribution in [0.1, 0.15) is 115 Å². The monoisotopic (exact) mass is 433 g/mol. The number of rotatable bonds is 20. The van der Waals surface area contributed by atoms with Gasteiger partial charge in [0, 0.05) is 17.7 Å². The van der Waals surface area contributed by atoms with E-state index in [1.165, 1.54) is 108 Å². The lowest BCUT2D eigenvalue weighted by Crippen LogP contribution is -2.39. The van der Waals surface area contributed by atoms with Crippen molar-refractivity contribution in [2.24, 2.45) is 0 Å². The fourth-order valence-corrected chi connectivity index (χ4v) is 4.38. The van der Waals surface area contributed by atoms with E-state index in [1.54, 1.807) is 12.1 Å². The minimum atomic E-state index is -0.333. The summed E-state index contributed by atoms with van der Waals surface area (Å²) in [5.41, 5.74) is 1.35. The molecule has 0 aliphatic heterocycles. The highest BCUT2D eigenvalue weighted by Crippen LogP contribution is 2.17. The van der Waals surface area contributed by atoms with Crippen LogP contribution in [0.5, 0.6) is 0 Å². The molecule has 0 radical (unpaired) electrons. The van der Waals surface area contributed by atoms with Crippen LogP contribution < -0.4 is 0 Å². The first-order valence-electron chi connectivity index (χ1n) is 13.0. The van der Waals surface area contributed by atoms with Crippen LogP contribution in [0.15, 0.2) is 24.3 Å². The molecule has 0 bridgehead atoms. The minimum Gasteiger partial charge on any atom is -0.325 e. The number of nitro groups is 1. The molecule has 0 amide bonds. The smallest absolute Gasteiger partial charge is 0.269 e. The molecule has 178 valence electrons. The highest BCUT2D eigenvalue weighted by molar-refractivity contribution is 5.32. The first-order chi connectivity index (χ1) is 14.9. The summed E-state index contributed by atoms with van der Waals surface area (Å²) in [6, 6.07) is 7.02. The van der Waals surface area contributed by atoms with Crippen molar-refractivity contribution >= 4 is 5.69 Å². The van der Waals surface area contributed by atoms with Gasteiger partial charge in [-0.2, -0.15) is 0 Å². The summed E-state index contributed by atoms with van der Waals surface area (Å²) in [5.74, 6) is 0. The summed E-state index contributed by atoms with van der Waals surface area (Å²) in [5, 5.41) is 10.8. The third-order valence-electron chi connectivity index (χ3n) is 6.37. The Bertz CT molecular complexity index is 569. The summed E-state index contributed by atoms with van der Waals surface area (Å²) >= 11 is 0. The van der Waals surface area contributed by atoms with E-state index >= 15 is 0 Å². The molecule has 0 unspecified atom stereocenters. The lowest BCUT2D eigenvalue weighted by Gasteiger charge is -2.30. The zero-order chi connectivity index (χ0) is 22.8. The molecule has 0 fully saturated rings. The van der Waals surface area contributed by atoms with Crippen molar-refractivity contribution in [2.45, 2.75) is 116 Å². The number of unbranched alkanes of at least 4 members (excludes halogenated alkanes) is 15. The molecule has 0 aromatic heterocycles. The van der Waals surface area contributed by atoms with Gasteiger partial charge in [-0.1, -0.05) is 96.8 Å². The largest absolute Gasteiger partial charge is 0.325 e. The van der Waals surface area contributed by atoms with Gasteiger partial charge in [0.15, 0.2) is 0 Å². The number of benzene rings is 1. The molecule has 4 heteroatoms. The Labute approximate surface area is 192 Å². The highest BCUT2D eigenvalue weighted by atomic mass is 16.6. The van der Waals surface area contributed by atoms with E-state index in [1.807, 2.05) is 12.1 Å². The molecule has 0 N–H and O–H groups in total. The van der Waals surface area contributed by atoms with Gasteiger partial charge in [-0.05, 0) is 25.0 Å². The zero-order valence-corrected chi connectivity index (χ0v) is 20.7. The number of hydrogen-bond acceptors (Lipinski definition) is 2. The molecule has 0 aliphatic carbocycles. The number of non-ortho nitro benzene ring substituents is 1. The van der Waals surface area contributed by atoms with Gasteiger partial charge >= 0.3 is 0 Å². The number of hydrogen-bond donors (Lipinski definition) is 0. The van der Waals surface area contributed by atoms with E-state index in [9.17, 15) is 10.1 Å². The van der Waals surface area contributed by atoms with Crippen LogP contribution in [0.2, 0.25) is 0 Å². The third-order valence-corrected chi connectivity index (χ3v) is 6.37. The first-order valence-corrected chi connectivity index (χ1v) is 13.0. The lowest BCUT2D eigenvalue weighted by molar-refractivity contribution is -0.903. The SMILES string of the molecule is CCCCCCCCCCCCCCCCCC[N+](C)(C)Cc1ccc([N+](=O)[O-])cc1.